The lowest BCUT2D eigenvalue weighted by Gasteiger charge is -2.27. The molecule has 0 aliphatic rings. The molecule has 0 saturated carbocycles. The highest BCUT2D eigenvalue weighted by atomic mass is 19.1. The van der Waals surface area contributed by atoms with E-state index in [4.69, 9.17) is 10.8 Å². The van der Waals surface area contributed by atoms with Crippen LogP contribution in [-0.2, 0) is 7.05 Å². The molecule has 10 nitrogen and oxygen atoms in total. The van der Waals surface area contributed by atoms with Crippen LogP contribution in [0.4, 0.5) is 26.5 Å². The molecular weight excluding hydrogens is 429 g/mol. The maximum atomic E-state index is 14.9. The molecule has 0 spiro atoms. The number of aryl methyl sites for hydroxylation is 1. The van der Waals surface area contributed by atoms with Gasteiger partial charge in [-0.05, 0) is 37.5 Å². The molecule has 0 saturated heterocycles. The largest absolute Gasteiger partial charge is 0.465 e. The number of aromatic nitrogens is 3. The van der Waals surface area contributed by atoms with Crippen molar-refractivity contribution < 1.29 is 19.1 Å². The lowest BCUT2D eigenvalue weighted by atomic mass is 9.98. The maximum Gasteiger partial charge on any atom is 0.404 e. The maximum absolute atomic E-state index is 14.9. The monoisotopic (exact) mass is 457 g/mol. The molecule has 3 aromatic rings. The van der Waals surface area contributed by atoms with Crippen LogP contribution in [0.1, 0.15) is 37.6 Å². The number of amides is 2. The van der Waals surface area contributed by atoms with Gasteiger partial charge in [-0.2, -0.15) is 5.10 Å². The number of carbonyl (C=O) groups excluding carboxylic acids is 1. The molecule has 2 amide bonds. The summed E-state index contributed by atoms with van der Waals surface area (Å²) in [5.41, 5.74) is 6.83. The summed E-state index contributed by atoms with van der Waals surface area (Å²) < 4.78 is 16.6. The second-order valence-corrected chi connectivity index (χ2v) is 8.33. The fraction of sp³-hybridized carbons (Fsp3) is 0.364. The molecular formula is C22H28FN7O3. The number of carbonyl (C=O) groups is 2. The molecule has 1 aromatic carbocycles. The van der Waals surface area contributed by atoms with Gasteiger partial charge in [0.15, 0.2) is 11.6 Å². The van der Waals surface area contributed by atoms with Gasteiger partial charge in [0.05, 0.1) is 23.0 Å². The second-order valence-electron chi connectivity index (χ2n) is 8.33. The molecule has 11 heteroatoms. The van der Waals surface area contributed by atoms with Crippen LogP contribution in [0.15, 0.2) is 30.5 Å². The van der Waals surface area contributed by atoms with E-state index in [0.717, 1.165) is 17.0 Å². The Labute approximate surface area is 190 Å². The summed E-state index contributed by atoms with van der Waals surface area (Å²) in [7, 11) is 1.81. The summed E-state index contributed by atoms with van der Waals surface area (Å²) in [6, 6.07) is 5.54. The number of rotatable bonds is 9. The lowest BCUT2D eigenvalue weighted by Crippen LogP contribution is -2.45. The molecule has 176 valence electrons. The molecule has 2 atom stereocenters. The van der Waals surface area contributed by atoms with E-state index in [0.29, 0.717) is 12.1 Å². The van der Waals surface area contributed by atoms with Gasteiger partial charge in [0.1, 0.15) is 5.82 Å². The summed E-state index contributed by atoms with van der Waals surface area (Å²) in [4.78, 5) is 27.4. The van der Waals surface area contributed by atoms with Crippen LogP contribution in [0.5, 0.6) is 0 Å². The van der Waals surface area contributed by atoms with Crippen molar-refractivity contribution in [1.82, 2.24) is 20.1 Å². The predicted octanol–water partition coefficient (Wildman–Crippen LogP) is 3.43. The number of primary amides is 1. The molecule has 0 aliphatic carbocycles. The number of nitrogens with one attached hydrogen (secondary N) is 3. The molecule has 2 aromatic heterocycles. The van der Waals surface area contributed by atoms with Gasteiger partial charge in [-0.15, -0.1) is 0 Å². The van der Waals surface area contributed by atoms with Gasteiger partial charge in [-0.1, -0.05) is 19.9 Å². The van der Waals surface area contributed by atoms with E-state index in [2.05, 4.69) is 26.0 Å². The fourth-order valence-corrected chi connectivity index (χ4v) is 3.65. The first-order chi connectivity index (χ1) is 15.6. The van der Waals surface area contributed by atoms with E-state index in [1.807, 2.05) is 26.0 Å². The first-order valence-corrected chi connectivity index (χ1v) is 10.5. The minimum atomic E-state index is -1.18. The third-order valence-corrected chi connectivity index (χ3v) is 5.29. The molecule has 0 unspecified atom stereocenters. The normalized spacial score (nSPS) is 13.0. The number of anilines is 3. The molecule has 2 heterocycles. The van der Waals surface area contributed by atoms with Gasteiger partial charge in [0.25, 0.3) is 5.91 Å². The Bertz CT molecular complexity index is 1180. The van der Waals surface area contributed by atoms with Gasteiger partial charge in [0, 0.05) is 24.5 Å². The Kier molecular flexibility index (Phi) is 7.00. The van der Waals surface area contributed by atoms with Crippen LogP contribution in [0.2, 0.25) is 0 Å². The number of nitrogens with two attached hydrogens (primary N) is 1. The quantitative estimate of drug-likeness (QED) is 0.331. The van der Waals surface area contributed by atoms with Gasteiger partial charge < -0.3 is 26.8 Å². The van der Waals surface area contributed by atoms with Crippen molar-refractivity contribution in [3.63, 3.8) is 0 Å². The van der Waals surface area contributed by atoms with Crippen molar-refractivity contribution in [2.24, 2.45) is 18.7 Å². The van der Waals surface area contributed by atoms with E-state index in [-0.39, 0.29) is 23.1 Å². The summed E-state index contributed by atoms with van der Waals surface area (Å²) in [5, 5.41) is 22.6. The van der Waals surface area contributed by atoms with Crippen LogP contribution < -0.4 is 21.7 Å². The number of nitrogens with zero attached hydrogens (tertiary/aromatic N) is 3. The van der Waals surface area contributed by atoms with Crippen molar-refractivity contribution in [1.29, 1.82) is 0 Å². The average molecular weight is 458 g/mol. The standard InChI is InChI=1S/C22H28FN7O3/c1-11(2)8-17(12(3)26-22(32)33)28-21-15(23)9-13(19(24)31)20(29-21)27-16-6-5-7-18-14(16)10-25-30(18)4/h5-7,9-12,17,26H,8H2,1-4H3,(H2,24,31)(H,32,33)(H2,27,28,29)/t12-,17+/m0/s1. The first kappa shape index (κ1) is 23.8. The number of hydrogen-bond donors (Lipinski definition) is 5. The first-order valence-electron chi connectivity index (χ1n) is 10.5. The molecule has 3 rings (SSSR count). The van der Waals surface area contributed by atoms with Gasteiger partial charge >= 0.3 is 6.09 Å². The number of fused-ring (bicyclic) bond motifs is 1. The lowest BCUT2D eigenvalue weighted by molar-refractivity contribution is 0.100. The van der Waals surface area contributed by atoms with Crippen molar-refractivity contribution in [3.8, 4) is 0 Å². The fourth-order valence-electron chi connectivity index (χ4n) is 3.65. The highest BCUT2D eigenvalue weighted by Gasteiger charge is 2.24. The third kappa shape index (κ3) is 5.48. The zero-order chi connectivity index (χ0) is 24.3. The van der Waals surface area contributed by atoms with Crippen LogP contribution in [0.25, 0.3) is 10.9 Å². The van der Waals surface area contributed by atoms with E-state index >= 15 is 0 Å². The van der Waals surface area contributed by atoms with Crippen molar-refractivity contribution >= 4 is 40.2 Å². The number of benzene rings is 1. The number of carboxylic acid groups (broad SMARTS) is 1. The molecule has 0 fully saturated rings. The van der Waals surface area contributed by atoms with Crippen LogP contribution in [0, 0.1) is 11.7 Å². The molecule has 6 N–H and O–H groups in total. The van der Waals surface area contributed by atoms with E-state index in [1.165, 1.54) is 0 Å². The zero-order valence-corrected chi connectivity index (χ0v) is 18.9. The Morgan fingerprint density at radius 2 is 1.97 bits per heavy atom. The molecule has 0 aliphatic heterocycles. The summed E-state index contributed by atoms with van der Waals surface area (Å²) in [5.74, 6) is -1.46. The Balaban J connectivity index is 2.00. The minimum absolute atomic E-state index is 0.0740. The SMILES string of the molecule is CC(C)C[C@@H](Nc1nc(Nc2cccc3c2cnn3C)c(C(N)=O)cc1F)[C@H](C)NC(=O)O. The second kappa shape index (κ2) is 9.72. The molecule has 33 heavy (non-hydrogen) atoms. The van der Waals surface area contributed by atoms with E-state index in [9.17, 15) is 14.0 Å². The Morgan fingerprint density at radius 3 is 2.61 bits per heavy atom. The van der Waals surface area contributed by atoms with Crippen molar-refractivity contribution in [3.05, 3.63) is 41.8 Å². The van der Waals surface area contributed by atoms with E-state index < -0.39 is 29.9 Å². The highest BCUT2D eigenvalue weighted by Crippen LogP contribution is 2.29. The van der Waals surface area contributed by atoms with Gasteiger partial charge in [-0.3, -0.25) is 9.48 Å². The highest BCUT2D eigenvalue weighted by molar-refractivity contribution is 6.00. The summed E-state index contributed by atoms with van der Waals surface area (Å²) in [6.07, 6.45) is 1.04. The van der Waals surface area contributed by atoms with Crippen LogP contribution in [-0.4, -0.2) is 44.0 Å². The van der Waals surface area contributed by atoms with Crippen LogP contribution in [0.3, 0.4) is 0 Å². The topological polar surface area (TPSA) is 147 Å². The van der Waals surface area contributed by atoms with E-state index in [1.54, 1.807) is 30.9 Å². The predicted molar refractivity (Wildman–Crippen MR) is 124 cm³/mol. The summed E-state index contributed by atoms with van der Waals surface area (Å²) in [6.45, 7) is 5.64. The molecule has 0 radical (unpaired) electrons. The Morgan fingerprint density at radius 1 is 1.24 bits per heavy atom. The molecule has 0 bridgehead atoms. The smallest absolute Gasteiger partial charge is 0.404 e. The van der Waals surface area contributed by atoms with Crippen LogP contribution >= 0.6 is 0 Å². The third-order valence-electron chi connectivity index (χ3n) is 5.29. The Hall–Kier alpha value is -3.89. The van der Waals surface area contributed by atoms with Crippen molar-refractivity contribution in [2.45, 2.75) is 39.3 Å². The van der Waals surface area contributed by atoms with Crippen molar-refractivity contribution in [2.75, 3.05) is 10.6 Å². The number of hydrogen-bond acceptors (Lipinski definition) is 6. The summed E-state index contributed by atoms with van der Waals surface area (Å²) >= 11 is 0. The average Bonchev–Trinajstić information content (AvgIpc) is 3.10. The van der Waals surface area contributed by atoms with Gasteiger partial charge in [0.2, 0.25) is 0 Å². The number of halogens is 1. The minimum Gasteiger partial charge on any atom is -0.465 e. The van der Waals surface area contributed by atoms with Gasteiger partial charge in [-0.25, -0.2) is 14.2 Å². The zero-order valence-electron chi connectivity index (χ0n) is 18.9. The number of pyridine rings is 1.